The summed E-state index contributed by atoms with van der Waals surface area (Å²) in [6.45, 7) is 3.86. The number of hydrogen-bond donors (Lipinski definition) is 1. The van der Waals surface area contributed by atoms with Crippen molar-refractivity contribution >= 4 is 28.8 Å². The number of aliphatic hydroxyl groups excluding tert-OH is 1. The number of methoxy groups -OCH3 is 1. The number of esters is 1. The van der Waals surface area contributed by atoms with Crippen LogP contribution in [0, 0.1) is 15.5 Å². The van der Waals surface area contributed by atoms with Gasteiger partial charge in [-0.25, -0.2) is 0 Å². The Morgan fingerprint density at radius 1 is 1.26 bits per heavy atom. The third-order valence-corrected chi connectivity index (χ3v) is 4.26. The molecule has 8 nitrogen and oxygen atoms in total. The summed E-state index contributed by atoms with van der Waals surface area (Å²) in [5.74, 6) is -0.921. The molecule has 1 N–H and O–H groups in total. The van der Waals surface area contributed by atoms with E-state index in [1.807, 2.05) is 13.8 Å². The summed E-state index contributed by atoms with van der Waals surface area (Å²) >= 11 is 0. The van der Waals surface area contributed by atoms with E-state index in [1.165, 1.54) is 31.4 Å². The first-order valence-corrected chi connectivity index (χ1v) is 8.47. The Bertz CT molecular complexity index is 821. The van der Waals surface area contributed by atoms with Gasteiger partial charge in [0.1, 0.15) is 5.76 Å². The van der Waals surface area contributed by atoms with Crippen molar-refractivity contribution in [3.63, 3.8) is 0 Å². The number of carbonyl (C=O) groups excluding carboxylic acids is 2. The van der Waals surface area contributed by atoms with Gasteiger partial charge >= 0.3 is 5.97 Å². The van der Waals surface area contributed by atoms with Crippen LogP contribution < -0.4 is 0 Å². The van der Waals surface area contributed by atoms with Crippen LogP contribution >= 0.6 is 0 Å². The van der Waals surface area contributed by atoms with Gasteiger partial charge in [0.25, 0.3) is 5.69 Å². The van der Waals surface area contributed by atoms with Crippen molar-refractivity contribution in [1.82, 2.24) is 0 Å². The highest BCUT2D eigenvalue weighted by Gasteiger charge is 2.36. The number of aliphatic hydroxyl groups is 1. The molecule has 2 rings (SSSR count). The van der Waals surface area contributed by atoms with Gasteiger partial charge in [-0.05, 0) is 24.0 Å². The van der Waals surface area contributed by atoms with Gasteiger partial charge in [-0.1, -0.05) is 13.8 Å². The first kappa shape index (κ1) is 20.3. The van der Waals surface area contributed by atoms with E-state index >= 15 is 0 Å². The fraction of sp³-hybridized carbons (Fsp3) is 0.421. The molecule has 0 amide bonds. The number of nitrogens with zero attached hydrogens (tertiary/aromatic N) is 2. The SMILES string of the molecule is COC(=O)CCC(O)=C1C(=O)CC(C)(C)CC1=Nc1ccc([N+](=O)[O-])cc1. The van der Waals surface area contributed by atoms with E-state index in [9.17, 15) is 24.8 Å². The zero-order valence-corrected chi connectivity index (χ0v) is 15.5. The number of benzene rings is 1. The fourth-order valence-electron chi connectivity index (χ4n) is 2.96. The van der Waals surface area contributed by atoms with Crippen molar-refractivity contribution in [2.24, 2.45) is 10.4 Å². The molecular weight excluding hydrogens is 352 g/mol. The highest BCUT2D eigenvalue weighted by molar-refractivity contribution is 6.25. The normalized spacial score (nSPS) is 19.7. The van der Waals surface area contributed by atoms with Gasteiger partial charge in [-0.15, -0.1) is 0 Å². The number of rotatable bonds is 5. The highest BCUT2D eigenvalue weighted by atomic mass is 16.6. The zero-order chi connectivity index (χ0) is 20.2. The second-order valence-corrected chi connectivity index (χ2v) is 7.17. The number of ether oxygens (including phenoxy) is 1. The minimum Gasteiger partial charge on any atom is -0.511 e. The molecule has 27 heavy (non-hydrogen) atoms. The fourth-order valence-corrected chi connectivity index (χ4v) is 2.96. The van der Waals surface area contributed by atoms with Gasteiger partial charge in [-0.2, -0.15) is 0 Å². The van der Waals surface area contributed by atoms with E-state index in [1.54, 1.807) is 0 Å². The lowest BCUT2D eigenvalue weighted by Gasteiger charge is -2.31. The molecule has 0 aromatic heterocycles. The average Bonchev–Trinajstić information content (AvgIpc) is 2.58. The third kappa shape index (κ3) is 5.22. The van der Waals surface area contributed by atoms with Crippen molar-refractivity contribution in [2.45, 2.75) is 39.5 Å². The number of non-ortho nitro benzene ring substituents is 1. The van der Waals surface area contributed by atoms with Crippen LogP contribution in [-0.2, 0) is 14.3 Å². The Labute approximate surface area is 156 Å². The molecule has 1 aliphatic carbocycles. The lowest BCUT2D eigenvalue weighted by molar-refractivity contribution is -0.384. The van der Waals surface area contributed by atoms with E-state index in [4.69, 9.17) is 0 Å². The molecule has 1 aromatic carbocycles. The second-order valence-electron chi connectivity index (χ2n) is 7.17. The van der Waals surface area contributed by atoms with E-state index in [-0.39, 0.29) is 47.5 Å². The van der Waals surface area contributed by atoms with Gasteiger partial charge in [0.05, 0.1) is 35.4 Å². The van der Waals surface area contributed by atoms with Gasteiger partial charge < -0.3 is 9.84 Å². The maximum Gasteiger partial charge on any atom is 0.305 e. The van der Waals surface area contributed by atoms with Crippen molar-refractivity contribution in [1.29, 1.82) is 0 Å². The van der Waals surface area contributed by atoms with Crippen LogP contribution in [-0.4, -0.2) is 34.6 Å². The monoisotopic (exact) mass is 374 g/mol. The molecule has 0 atom stereocenters. The molecule has 0 unspecified atom stereocenters. The number of nitro groups is 1. The Morgan fingerprint density at radius 3 is 2.44 bits per heavy atom. The number of carbonyl (C=O) groups is 2. The van der Waals surface area contributed by atoms with E-state index < -0.39 is 10.9 Å². The summed E-state index contributed by atoms with van der Waals surface area (Å²) in [6.07, 6.45) is 0.637. The number of aliphatic imine (C=N–C) groups is 1. The minimum atomic E-state index is -0.506. The number of allylic oxidation sites excluding steroid dienone is 2. The van der Waals surface area contributed by atoms with Crippen LogP contribution in [0.4, 0.5) is 11.4 Å². The first-order chi connectivity index (χ1) is 12.6. The van der Waals surface area contributed by atoms with Crippen LogP contribution in [0.25, 0.3) is 0 Å². The van der Waals surface area contributed by atoms with Crippen LogP contribution in [0.1, 0.15) is 39.5 Å². The summed E-state index contributed by atoms with van der Waals surface area (Å²) < 4.78 is 4.56. The lowest BCUT2D eigenvalue weighted by Crippen LogP contribution is -2.32. The van der Waals surface area contributed by atoms with Crippen molar-refractivity contribution in [3.8, 4) is 0 Å². The van der Waals surface area contributed by atoms with Crippen molar-refractivity contribution < 1.29 is 24.4 Å². The number of ketones is 1. The minimum absolute atomic E-state index is 0.0204. The predicted octanol–water partition coefficient (Wildman–Crippen LogP) is 3.82. The van der Waals surface area contributed by atoms with E-state index in [0.29, 0.717) is 17.8 Å². The van der Waals surface area contributed by atoms with E-state index in [2.05, 4.69) is 9.73 Å². The first-order valence-electron chi connectivity index (χ1n) is 8.47. The predicted molar refractivity (Wildman–Crippen MR) is 99.1 cm³/mol. The Balaban J connectivity index is 2.41. The van der Waals surface area contributed by atoms with Crippen molar-refractivity contribution in [2.75, 3.05) is 7.11 Å². The molecule has 144 valence electrons. The van der Waals surface area contributed by atoms with Crippen molar-refractivity contribution in [3.05, 3.63) is 45.7 Å². The number of Topliss-reactive ketones (excluding diaryl/α,β-unsaturated/α-hetero) is 1. The highest BCUT2D eigenvalue weighted by Crippen LogP contribution is 2.37. The molecule has 0 heterocycles. The maximum absolute atomic E-state index is 12.6. The lowest BCUT2D eigenvalue weighted by atomic mass is 9.73. The third-order valence-electron chi connectivity index (χ3n) is 4.26. The summed E-state index contributed by atoms with van der Waals surface area (Å²) in [5, 5.41) is 21.2. The van der Waals surface area contributed by atoms with Gasteiger partial charge in [-0.3, -0.25) is 24.7 Å². The van der Waals surface area contributed by atoms with E-state index in [0.717, 1.165) is 0 Å². The molecular formula is C19H22N2O6. The van der Waals surface area contributed by atoms with Gasteiger partial charge in [0.15, 0.2) is 5.78 Å². The van der Waals surface area contributed by atoms with Crippen LogP contribution in [0.3, 0.4) is 0 Å². The number of hydrogen-bond acceptors (Lipinski definition) is 7. The molecule has 0 bridgehead atoms. The van der Waals surface area contributed by atoms with Gasteiger partial charge in [0, 0.05) is 25.0 Å². The van der Waals surface area contributed by atoms with Crippen LogP contribution in [0.5, 0.6) is 0 Å². The molecule has 0 spiro atoms. The summed E-state index contributed by atoms with van der Waals surface area (Å²) in [7, 11) is 1.25. The summed E-state index contributed by atoms with van der Waals surface area (Å²) in [6, 6.07) is 5.63. The number of nitro benzene ring substituents is 1. The largest absolute Gasteiger partial charge is 0.511 e. The Hall–Kier alpha value is -3.03. The topological polar surface area (TPSA) is 119 Å². The maximum atomic E-state index is 12.6. The molecule has 1 aliphatic rings. The van der Waals surface area contributed by atoms with Gasteiger partial charge in [0.2, 0.25) is 0 Å². The standard InChI is InChI=1S/C19H22N2O6/c1-19(2)10-14(20-12-4-6-13(7-5-12)21(25)26)18(16(23)11-19)15(22)8-9-17(24)27-3/h4-7,22H,8-11H2,1-3H3. The average molecular weight is 374 g/mol. The second kappa shape index (κ2) is 8.11. The molecule has 8 heteroatoms. The molecule has 1 aromatic rings. The van der Waals surface area contributed by atoms with Crippen LogP contribution in [0.2, 0.25) is 0 Å². The summed E-state index contributed by atoms with van der Waals surface area (Å²) in [5.41, 5.74) is 0.585. The quantitative estimate of drug-likeness (QED) is 0.275. The Kier molecular flexibility index (Phi) is 6.09. The Morgan fingerprint density at radius 2 is 1.89 bits per heavy atom. The molecule has 1 saturated carbocycles. The molecule has 0 radical (unpaired) electrons. The summed E-state index contributed by atoms with van der Waals surface area (Å²) in [4.78, 5) is 38.6. The van der Waals surface area contributed by atoms with Crippen LogP contribution in [0.15, 0.2) is 40.6 Å². The smallest absolute Gasteiger partial charge is 0.305 e. The molecule has 0 aliphatic heterocycles. The molecule has 1 fully saturated rings. The molecule has 0 saturated heterocycles. The zero-order valence-electron chi connectivity index (χ0n) is 15.5.